The van der Waals surface area contributed by atoms with E-state index in [1.807, 2.05) is 30.3 Å². The number of ether oxygens (including phenoxy) is 3. The molecule has 154 valence electrons. The number of nitrogens with one attached hydrogen (secondary N) is 1. The maximum absolute atomic E-state index is 12.7. The minimum atomic E-state index is -0.372. The van der Waals surface area contributed by atoms with Crippen molar-refractivity contribution in [2.75, 3.05) is 20.8 Å². The van der Waals surface area contributed by atoms with Crippen molar-refractivity contribution in [1.29, 1.82) is 0 Å². The van der Waals surface area contributed by atoms with Gasteiger partial charge in [-0.2, -0.15) is 5.10 Å². The van der Waals surface area contributed by atoms with Gasteiger partial charge in [0.05, 0.1) is 26.0 Å². The summed E-state index contributed by atoms with van der Waals surface area (Å²) in [5.74, 6) is 1.23. The Balaban J connectivity index is 1.80. The molecule has 6 nitrogen and oxygen atoms in total. The van der Waals surface area contributed by atoms with Crippen LogP contribution in [0.3, 0.4) is 0 Å². The van der Waals surface area contributed by atoms with Crippen LogP contribution in [0.4, 0.5) is 0 Å². The second-order valence-corrected chi connectivity index (χ2v) is 7.08. The first-order valence-corrected chi connectivity index (χ1v) is 9.88. The Morgan fingerprint density at radius 2 is 1.77 bits per heavy atom. The first-order valence-electron chi connectivity index (χ1n) is 9.08. The maximum Gasteiger partial charge on any atom is 0.275 e. The number of carbonyl (C=O) groups is 1. The van der Waals surface area contributed by atoms with E-state index in [2.05, 4.69) is 33.0 Å². The number of nitrogens with zero attached hydrogens (tertiary/aromatic N) is 1. The van der Waals surface area contributed by atoms with E-state index in [9.17, 15) is 4.79 Å². The van der Waals surface area contributed by atoms with E-state index in [1.54, 1.807) is 31.4 Å². The number of hydrogen-bond acceptors (Lipinski definition) is 5. The summed E-state index contributed by atoms with van der Waals surface area (Å²) < 4.78 is 17.0. The molecule has 3 aromatic rings. The van der Waals surface area contributed by atoms with E-state index in [0.717, 1.165) is 15.2 Å². The molecule has 0 saturated heterocycles. The van der Waals surface area contributed by atoms with Crippen LogP contribution in [0.1, 0.15) is 15.9 Å². The number of rotatable bonds is 8. The largest absolute Gasteiger partial charge is 0.496 e. The minimum Gasteiger partial charge on any atom is -0.496 e. The van der Waals surface area contributed by atoms with Crippen molar-refractivity contribution in [3.05, 3.63) is 76.8 Å². The number of amides is 1. The number of methoxy groups -OCH3 is 2. The lowest BCUT2D eigenvalue weighted by Gasteiger charge is -2.11. The summed E-state index contributed by atoms with van der Waals surface area (Å²) in [5, 5.41) is 6.01. The fourth-order valence-corrected chi connectivity index (χ4v) is 3.28. The molecule has 0 aliphatic rings. The highest BCUT2D eigenvalue weighted by Gasteiger charge is 2.13. The summed E-state index contributed by atoms with van der Waals surface area (Å²) in [6, 6.07) is 14.9. The van der Waals surface area contributed by atoms with E-state index in [0.29, 0.717) is 35.0 Å². The molecule has 3 rings (SSSR count). The van der Waals surface area contributed by atoms with Crippen LogP contribution in [0.15, 0.2) is 70.8 Å². The van der Waals surface area contributed by atoms with Gasteiger partial charge in [-0.05, 0) is 51.0 Å². The van der Waals surface area contributed by atoms with Gasteiger partial charge in [0.25, 0.3) is 5.91 Å². The minimum absolute atomic E-state index is 0.361. The quantitative estimate of drug-likeness (QED) is 0.288. The van der Waals surface area contributed by atoms with Crippen LogP contribution in [0.5, 0.6) is 17.2 Å². The van der Waals surface area contributed by atoms with E-state index in [4.69, 9.17) is 14.2 Å². The molecule has 30 heavy (non-hydrogen) atoms. The van der Waals surface area contributed by atoms with Crippen molar-refractivity contribution in [2.24, 2.45) is 5.10 Å². The summed E-state index contributed by atoms with van der Waals surface area (Å²) in [6.07, 6.45) is 3.18. The van der Waals surface area contributed by atoms with Crippen LogP contribution in [0, 0.1) is 0 Å². The van der Waals surface area contributed by atoms with Gasteiger partial charge < -0.3 is 14.2 Å². The standard InChI is InChI=1S/C23H21BrN2O4/c1-4-9-30-22-13-19(24)17(12-21(22)29-3)14-25-26-23(27)18-10-15-7-5-6-8-16(15)11-20(18)28-2/h4-8,10-14H,1,9H2,2-3H3,(H,26,27)/b25-14-. The first kappa shape index (κ1) is 21.4. The van der Waals surface area contributed by atoms with E-state index >= 15 is 0 Å². The SMILES string of the molecule is C=CCOc1cc(Br)c(/C=N\NC(=O)c2cc3ccccc3cc2OC)cc1OC. The molecule has 0 spiro atoms. The van der Waals surface area contributed by atoms with Crippen LogP contribution in [0.25, 0.3) is 10.8 Å². The fraction of sp³-hybridized carbons (Fsp3) is 0.130. The monoisotopic (exact) mass is 468 g/mol. The highest BCUT2D eigenvalue weighted by atomic mass is 79.9. The molecule has 0 aromatic heterocycles. The summed E-state index contributed by atoms with van der Waals surface area (Å²) >= 11 is 3.48. The Bertz CT molecular complexity index is 1110. The van der Waals surface area contributed by atoms with Gasteiger partial charge in [-0.1, -0.05) is 36.9 Å². The fourth-order valence-electron chi connectivity index (χ4n) is 2.86. The molecule has 7 heteroatoms. The van der Waals surface area contributed by atoms with Gasteiger partial charge in [-0.25, -0.2) is 5.43 Å². The molecular formula is C23H21BrN2O4. The van der Waals surface area contributed by atoms with Gasteiger partial charge in [0.2, 0.25) is 0 Å². The summed E-state index contributed by atoms with van der Waals surface area (Å²) in [5.41, 5.74) is 3.66. The summed E-state index contributed by atoms with van der Waals surface area (Å²) in [7, 11) is 3.09. The van der Waals surface area contributed by atoms with Crippen molar-refractivity contribution in [2.45, 2.75) is 0 Å². The third kappa shape index (κ3) is 4.80. The molecule has 0 aliphatic heterocycles. The van der Waals surface area contributed by atoms with E-state index in [1.165, 1.54) is 13.3 Å². The van der Waals surface area contributed by atoms with Crippen molar-refractivity contribution in [3.63, 3.8) is 0 Å². The zero-order valence-electron chi connectivity index (χ0n) is 16.6. The third-order valence-electron chi connectivity index (χ3n) is 4.32. The number of hydrogen-bond donors (Lipinski definition) is 1. The van der Waals surface area contributed by atoms with Crippen LogP contribution in [-0.2, 0) is 0 Å². The Hall–Kier alpha value is -3.32. The van der Waals surface area contributed by atoms with E-state index in [-0.39, 0.29) is 5.91 Å². The summed E-state index contributed by atoms with van der Waals surface area (Å²) in [6.45, 7) is 4.00. The molecule has 1 N–H and O–H groups in total. The Kier molecular flexibility index (Phi) is 7.08. The lowest BCUT2D eigenvalue weighted by molar-refractivity contribution is 0.0952. The highest BCUT2D eigenvalue weighted by molar-refractivity contribution is 9.10. The smallest absolute Gasteiger partial charge is 0.275 e. The first-order chi connectivity index (χ1) is 14.6. The molecule has 0 heterocycles. The van der Waals surface area contributed by atoms with Crippen LogP contribution < -0.4 is 19.6 Å². The molecule has 3 aromatic carbocycles. The molecule has 0 fully saturated rings. The number of carbonyl (C=O) groups excluding carboxylic acids is 1. The predicted octanol–water partition coefficient (Wildman–Crippen LogP) is 4.95. The Morgan fingerprint density at radius 3 is 2.43 bits per heavy atom. The molecular weight excluding hydrogens is 448 g/mol. The molecule has 0 atom stereocenters. The molecule has 0 bridgehead atoms. The normalized spacial score (nSPS) is 10.8. The van der Waals surface area contributed by atoms with Gasteiger partial charge in [-0.3, -0.25) is 4.79 Å². The molecule has 0 radical (unpaired) electrons. The number of benzene rings is 3. The zero-order valence-corrected chi connectivity index (χ0v) is 18.2. The number of halogens is 1. The number of fused-ring (bicyclic) bond motifs is 1. The predicted molar refractivity (Wildman–Crippen MR) is 122 cm³/mol. The average Bonchev–Trinajstić information content (AvgIpc) is 2.77. The molecule has 0 saturated carbocycles. The third-order valence-corrected chi connectivity index (χ3v) is 5.01. The van der Waals surface area contributed by atoms with Crippen LogP contribution >= 0.6 is 15.9 Å². The zero-order chi connectivity index (χ0) is 21.5. The average molecular weight is 469 g/mol. The Labute approximate surface area is 183 Å². The highest BCUT2D eigenvalue weighted by Crippen LogP contribution is 2.33. The van der Waals surface area contributed by atoms with Crippen molar-refractivity contribution < 1.29 is 19.0 Å². The van der Waals surface area contributed by atoms with Crippen LogP contribution in [0.2, 0.25) is 0 Å². The maximum atomic E-state index is 12.7. The van der Waals surface area contributed by atoms with E-state index < -0.39 is 0 Å². The summed E-state index contributed by atoms with van der Waals surface area (Å²) in [4.78, 5) is 12.7. The molecule has 0 aliphatic carbocycles. The molecule has 0 unspecified atom stereocenters. The van der Waals surface area contributed by atoms with Crippen molar-refractivity contribution in [1.82, 2.24) is 5.43 Å². The lowest BCUT2D eigenvalue weighted by Crippen LogP contribution is -2.18. The van der Waals surface area contributed by atoms with Gasteiger partial charge in [0.1, 0.15) is 12.4 Å². The van der Waals surface area contributed by atoms with Crippen LogP contribution in [-0.4, -0.2) is 32.9 Å². The Morgan fingerprint density at radius 1 is 1.07 bits per heavy atom. The topological polar surface area (TPSA) is 69.2 Å². The molecule has 1 amide bonds. The van der Waals surface area contributed by atoms with Gasteiger partial charge in [0, 0.05) is 10.0 Å². The number of hydrazone groups is 1. The lowest BCUT2D eigenvalue weighted by atomic mass is 10.1. The van der Waals surface area contributed by atoms with Crippen molar-refractivity contribution >= 4 is 38.8 Å². The van der Waals surface area contributed by atoms with Gasteiger partial charge in [0.15, 0.2) is 11.5 Å². The second-order valence-electron chi connectivity index (χ2n) is 6.22. The van der Waals surface area contributed by atoms with Gasteiger partial charge in [-0.15, -0.1) is 0 Å². The van der Waals surface area contributed by atoms with Gasteiger partial charge >= 0.3 is 0 Å². The van der Waals surface area contributed by atoms with Crippen molar-refractivity contribution in [3.8, 4) is 17.2 Å². The second kappa shape index (κ2) is 9.93.